The molecule has 0 bridgehead atoms. The van der Waals surface area contributed by atoms with Crippen molar-refractivity contribution in [2.75, 3.05) is 18.9 Å². The number of hydrogen-bond acceptors (Lipinski definition) is 3. The Hall–Kier alpha value is -0.970. The minimum Gasteiger partial charge on any atom is -0.396 e. The molecule has 1 heterocycles. The van der Waals surface area contributed by atoms with Crippen molar-refractivity contribution in [3.8, 4) is 0 Å². The molecule has 3 N–H and O–H groups in total. The Morgan fingerprint density at radius 3 is 2.95 bits per heavy atom. The molecule has 0 spiro atoms. The number of benzene rings is 1. The fraction of sp³-hybridized carbons (Fsp3) is 0.467. The highest BCUT2D eigenvalue weighted by Gasteiger charge is 2.09. The van der Waals surface area contributed by atoms with Crippen molar-refractivity contribution in [1.29, 1.82) is 0 Å². The SMILES string of the molecule is CCCNC(CCO)CSc1cc2ccccc2[nH]1. The van der Waals surface area contributed by atoms with Crippen molar-refractivity contribution in [2.45, 2.75) is 30.8 Å². The minimum atomic E-state index is 0.245. The molecule has 0 aliphatic rings. The normalized spacial score (nSPS) is 12.9. The number of hydrogen-bond donors (Lipinski definition) is 3. The molecule has 0 radical (unpaired) electrons. The van der Waals surface area contributed by atoms with E-state index in [-0.39, 0.29) is 6.61 Å². The number of aliphatic hydroxyl groups is 1. The van der Waals surface area contributed by atoms with E-state index < -0.39 is 0 Å². The van der Waals surface area contributed by atoms with Gasteiger partial charge in [0.25, 0.3) is 0 Å². The Balaban J connectivity index is 1.91. The fourth-order valence-electron chi connectivity index (χ4n) is 2.06. The van der Waals surface area contributed by atoms with Gasteiger partial charge in [0, 0.05) is 29.3 Å². The van der Waals surface area contributed by atoms with Crippen molar-refractivity contribution < 1.29 is 5.11 Å². The maximum absolute atomic E-state index is 9.09. The zero-order chi connectivity index (χ0) is 13.5. The molecule has 104 valence electrons. The van der Waals surface area contributed by atoms with Gasteiger partial charge in [-0.15, -0.1) is 11.8 Å². The Labute approximate surface area is 118 Å². The second kappa shape index (κ2) is 7.58. The van der Waals surface area contributed by atoms with Gasteiger partial charge in [-0.1, -0.05) is 25.1 Å². The van der Waals surface area contributed by atoms with E-state index in [4.69, 9.17) is 5.11 Å². The van der Waals surface area contributed by atoms with Crippen LogP contribution >= 0.6 is 11.8 Å². The highest BCUT2D eigenvalue weighted by atomic mass is 32.2. The molecule has 1 atom stereocenters. The molecule has 4 heteroatoms. The lowest BCUT2D eigenvalue weighted by Crippen LogP contribution is -2.32. The van der Waals surface area contributed by atoms with Crippen LogP contribution in [0.2, 0.25) is 0 Å². The predicted molar refractivity (Wildman–Crippen MR) is 82.8 cm³/mol. The van der Waals surface area contributed by atoms with E-state index in [1.807, 2.05) is 17.8 Å². The lowest BCUT2D eigenvalue weighted by molar-refractivity contribution is 0.270. The molecule has 19 heavy (non-hydrogen) atoms. The number of fused-ring (bicyclic) bond motifs is 1. The molecular formula is C15H22N2OS. The van der Waals surface area contributed by atoms with Gasteiger partial charge in [-0.25, -0.2) is 0 Å². The lowest BCUT2D eigenvalue weighted by Gasteiger charge is -2.16. The first-order valence-corrected chi connectivity index (χ1v) is 7.87. The second-order valence-electron chi connectivity index (χ2n) is 4.70. The molecule has 0 aliphatic heterocycles. The number of aromatic amines is 1. The van der Waals surface area contributed by atoms with Crippen molar-refractivity contribution in [2.24, 2.45) is 0 Å². The standard InChI is InChI=1S/C15H22N2OS/c1-2-8-16-13(7-9-18)11-19-15-10-12-5-3-4-6-14(12)17-15/h3-6,10,13,16-18H,2,7-9,11H2,1H3. The largest absolute Gasteiger partial charge is 0.396 e. The van der Waals surface area contributed by atoms with Crippen LogP contribution in [0, 0.1) is 0 Å². The quantitative estimate of drug-likeness (QED) is 0.651. The van der Waals surface area contributed by atoms with Gasteiger partial charge in [-0.2, -0.15) is 0 Å². The monoisotopic (exact) mass is 278 g/mol. The first kappa shape index (κ1) is 14.4. The van der Waals surface area contributed by atoms with Gasteiger partial charge >= 0.3 is 0 Å². The first-order valence-electron chi connectivity index (χ1n) is 6.88. The zero-order valence-corrected chi connectivity index (χ0v) is 12.2. The molecule has 3 nitrogen and oxygen atoms in total. The average molecular weight is 278 g/mol. The van der Waals surface area contributed by atoms with E-state index in [2.05, 4.69) is 41.5 Å². The molecule has 0 aliphatic carbocycles. The van der Waals surface area contributed by atoms with E-state index in [9.17, 15) is 0 Å². The number of para-hydroxylation sites is 1. The molecule has 2 rings (SSSR count). The third-order valence-corrected chi connectivity index (χ3v) is 4.21. The van der Waals surface area contributed by atoms with Crippen LogP contribution in [0.5, 0.6) is 0 Å². The highest BCUT2D eigenvalue weighted by molar-refractivity contribution is 7.99. The molecular weight excluding hydrogens is 256 g/mol. The molecule has 1 unspecified atom stereocenters. The third-order valence-electron chi connectivity index (χ3n) is 3.11. The molecule has 0 fully saturated rings. The minimum absolute atomic E-state index is 0.245. The fourth-order valence-corrected chi connectivity index (χ4v) is 3.12. The summed E-state index contributed by atoms with van der Waals surface area (Å²) in [5.41, 5.74) is 1.19. The maximum atomic E-state index is 9.09. The summed E-state index contributed by atoms with van der Waals surface area (Å²) in [7, 11) is 0. The highest BCUT2D eigenvalue weighted by Crippen LogP contribution is 2.23. The summed E-state index contributed by atoms with van der Waals surface area (Å²) < 4.78 is 0. The number of nitrogens with one attached hydrogen (secondary N) is 2. The Morgan fingerprint density at radius 2 is 2.21 bits per heavy atom. The van der Waals surface area contributed by atoms with Gasteiger partial charge in [0.1, 0.15) is 0 Å². The van der Waals surface area contributed by atoms with Crippen LogP contribution in [0.3, 0.4) is 0 Å². The molecule has 0 saturated carbocycles. The topological polar surface area (TPSA) is 48.0 Å². The lowest BCUT2D eigenvalue weighted by atomic mass is 10.2. The van der Waals surface area contributed by atoms with Crippen LogP contribution in [-0.4, -0.2) is 35.0 Å². The first-order chi connectivity index (χ1) is 9.33. The van der Waals surface area contributed by atoms with Crippen LogP contribution < -0.4 is 5.32 Å². The van der Waals surface area contributed by atoms with Gasteiger partial charge in [-0.3, -0.25) is 0 Å². The average Bonchev–Trinajstić information content (AvgIpc) is 2.84. The smallest absolute Gasteiger partial charge is 0.0733 e. The third kappa shape index (κ3) is 4.27. The summed E-state index contributed by atoms with van der Waals surface area (Å²) in [6, 6.07) is 10.9. The van der Waals surface area contributed by atoms with Crippen LogP contribution in [0.1, 0.15) is 19.8 Å². The van der Waals surface area contributed by atoms with Crippen molar-refractivity contribution in [3.05, 3.63) is 30.3 Å². The van der Waals surface area contributed by atoms with Crippen molar-refractivity contribution in [1.82, 2.24) is 10.3 Å². The number of H-pyrrole nitrogens is 1. The number of aliphatic hydroxyl groups excluding tert-OH is 1. The molecule has 0 amide bonds. The van der Waals surface area contributed by atoms with E-state index >= 15 is 0 Å². The molecule has 1 aromatic heterocycles. The Bertz CT molecular complexity index is 465. The second-order valence-corrected chi connectivity index (χ2v) is 5.76. The summed E-state index contributed by atoms with van der Waals surface area (Å²) in [4.78, 5) is 3.42. The van der Waals surface area contributed by atoms with Gasteiger partial charge in [-0.05, 0) is 31.5 Å². The van der Waals surface area contributed by atoms with Gasteiger partial charge in [0.2, 0.25) is 0 Å². The van der Waals surface area contributed by atoms with Crippen LogP contribution in [0.25, 0.3) is 10.9 Å². The summed E-state index contributed by atoms with van der Waals surface area (Å²) >= 11 is 1.82. The number of rotatable bonds is 8. The van der Waals surface area contributed by atoms with Gasteiger partial charge in [0.15, 0.2) is 0 Å². The van der Waals surface area contributed by atoms with Crippen molar-refractivity contribution >= 4 is 22.7 Å². The van der Waals surface area contributed by atoms with E-state index in [1.54, 1.807) is 0 Å². The molecule has 1 aromatic carbocycles. The van der Waals surface area contributed by atoms with Crippen LogP contribution in [-0.2, 0) is 0 Å². The van der Waals surface area contributed by atoms with E-state index in [0.29, 0.717) is 6.04 Å². The molecule has 0 saturated heterocycles. The number of aromatic nitrogens is 1. The van der Waals surface area contributed by atoms with Gasteiger partial charge < -0.3 is 15.4 Å². The van der Waals surface area contributed by atoms with Gasteiger partial charge in [0.05, 0.1) is 5.03 Å². The van der Waals surface area contributed by atoms with Crippen LogP contribution in [0.15, 0.2) is 35.4 Å². The van der Waals surface area contributed by atoms with E-state index in [0.717, 1.165) is 25.1 Å². The number of thioether (sulfide) groups is 1. The van der Waals surface area contributed by atoms with E-state index in [1.165, 1.54) is 15.9 Å². The zero-order valence-electron chi connectivity index (χ0n) is 11.4. The summed E-state index contributed by atoms with van der Waals surface area (Å²) in [6.45, 7) is 3.42. The summed E-state index contributed by atoms with van der Waals surface area (Å²) in [6.07, 6.45) is 1.94. The Morgan fingerprint density at radius 1 is 1.37 bits per heavy atom. The van der Waals surface area contributed by atoms with Crippen LogP contribution in [0.4, 0.5) is 0 Å². The maximum Gasteiger partial charge on any atom is 0.0733 e. The predicted octanol–water partition coefficient (Wildman–Crippen LogP) is 3.01. The summed E-state index contributed by atoms with van der Waals surface area (Å²) in [5, 5.41) is 15.0. The van der Waals surface area contributed by atoms with Crippen molar-refractivity contribution in [3.63, 3.8) is 0 Å². The molecule has 2 aromatic rings. The summed E-state index contributed by atoms with van der Waals surface area (Å²) in [5.74, 6) is 0.980. The Kier molecular flexibility index (Phi) is 5.76.